The maximum Gasteiger partial charge on any atom is 0.254 e. The third-order valence-corrected chi connectivity index (χ3v) is 5.43. The van der Waals surface area contributed by atoms with Gasteiger partial charge in [0.15, 0.2) is 0 Å². The number of nitrogens with one attached hydrogen (secondary N) is 3. The summed E-state index contributed by atoms with van der Waals surface area (Å²) in [5, 5.41) is 9.06. The molecule has 0 bridgehead atoms. The number of aromatic nitrogens is 2. The van der Waals surface area contributed by atoms with Crippen LogP contribution in [0, 0.1) is 11.7 Å². The average Bonchev–Trinajstić information content (AvgIpc) is 3.02. The Morgan fingerprint density at radius 3 is 2.56 bits per heavy atom. The molecule has 1 aliphatic rings. The zero-order valence-electron chi connectivity index (χ0n) is 23.5. The van der Waals surface area contributed by atoms with E-state index >= 15 is 0 Å². The molecule has 0 spiro atoms. The van der Waals surface area contributed by atoms with Crippen molar-refractivity contribution in [3.63, 3.8) is 0 Å². The average molecular weight is 546 g/mol. The Hall–Kier alpha value is -3.79. The number of carbonyl (C=O) groups excluding carboxylic acids is 1. The molecule has 3 aromatic rings. The number of methoxy groups -OCH3 is 1. The lowest BCUT2D eigenvalue weighted by atomic mass is 10.0. The van der Waals surface area contributed by atoms with Crippen LogP contribution in [-0.2, 0) is 6.54 Å². The van der Waals surface area contributed by atoms with Crippen LogP contribution in [0.15, 0.2) is 60.9 Å². The van der Waals surface area contributed by atoms with E-state index in [9.17, 15) is 13.6 Å². The lowest BCUT2D eigenvalue weighted by Gasteiger charge is -2.22. The second-order valence-electron chi connectivity index (χ2n) is 8.02. The van der Waals surface area contributed by atoms with E-state index in [4.69, 9.17) is 9.47 Å². The van der Waals surface area contributed by atoms with Crippen LogP contribution in [0.3, 0.4) is 0 Å². The van der Waals surface area contributed by atoms with Crippen LogP contribution >= 0.6 is 0 Å². The lowest BCUT2D eigenvalue weighted by Crippen LogP contribution is -2.33. The van der Waals surface area contributed by atoms with Crippen LogP contribution in [0.5, 0.6) is 11.6 Å². The van der Waals surface area contributed by atoms with Gasteiger partial charge < -0.3 is 25.4 Å². The first-order valence-corrected chi connectivity index (χ1v) is 13.0. The van der Waals surface area contributed by atoms with Crippen molar-refractivity contribution in [3.8, 4) is 11.6 Å². The molecule has 0 saturated carbocycles. The molecule has 1 amide bonds. The summed E-state index contributed by atoms with van der Waals surface area (Å²) in [5.41, 5.74) is 1.50. The second kappa shape index (κ2) is 20.2. The first kappa shape index (κ1) is 33.2. The Balaban J connectivity index is 0.000000356. The van der Waals surface area contributed by atoms with E-state index in [2.05, 4.69) is 25.9 Å². The van der Waals surface area contributed by atoms with Crippen LogP contribution in [0.4, 0.5) is 14.6 Å². The van der Waals surface area contributed by atoms with Crippen LogP contribution < -0.4 is 25.4 Å². The Morgan fingerprint density at radius 2 is 1.90 bits per heavy atom. The van der Waals surface area contributed by atoms with Crippen molar-refractivity contribution in [2.75, 3.05) is 46.3 Å². The largest absolute Gasteiger partial charge is 0.493 e. The highest BCUT2D eigenvalue weighted by molar-refractivity contribution is 5.98. The molecule has 1 aromatic carbocycles. The predicted octanol–water partition coefficient (Wildman–Crippen LogP) is 5.27. The number of amides is 1. The van der Waals surface area contributed by atoms with Crippen molar-refractivity contribution in [3.05, 3.63) is 77.9 Å². The van der Waals surface area contributed by atoms with Crippen LogP contribution in [0.2, 0.25) is 0 Å². The molecular formula is C29H41F2N5O3. The Morgan fingerprint density at radius 1 is 1.10 bits per heavy atom. The number of alkyl halides is 1. The van der Waals surface area contributed by atoms with E-state index in [0.717, 1.165) is 18.7 Å². The molecule has 1 aliphatic heterocycles. The van der Waals surface area contributed by atoms with E-state index in [1.807, 2.05) is 26.0 Å². The minimum atomic E-state index is -0.241. The van der Waals surface area contributed by atoms with Gasteiger partial charge in [0.1, 0.15) is 17.4 Å². The summed E-state index contributed by atoms with van der Waals surface area (Å²) in [5.74, 6) is 1.87. The number of hydrogen-bond donors (Lipinski definition) is 3. The molecule has 10 heteroatoms. The molecule has 4 rings (SSSR count). The highest BCUT2D eigenvalue weighted by Crippen LogP contribution is 2.16. The molecule has 8 nitrogen and oxygen atoms in total. The van der Waals surface area contributed by atoms with E-state index in [0.29, 0.717) is 49.3 Å². The molecule has 39 heavy (non-hydrogen) atoms. The van der Waals surface area contributed by atoms with Gasteiger partial charge in [-0.1, -0.05) is 19.9 Å². The Kier molecular flexibility index (Phi) is 17.2. The van der Waals surface area contributed by atoms with Gasteiger partial charge in [-0.3, -0.25) is 9.18 Å². The number of carbonyl (C=O) groups is 1. The summed E-state index contributed by atoms with van der Waals surface area (Å²) in [6.07, 6.45) is 5.72. The van der Waals surface area contributed by atoms with Gasteiger partial charge in [-0.2, -0.15) is 0 Å². The summed E-state index contributed by atoms with van der Waals surface area (Å²) in [6, 6.07) is 13.5. The van der Waals surface area contributed by atoms with Crippen LogP contribution in [0.25, 0.3) is 0 Å². The molecule has 3 heterocycles. The third-order valence-electron chi connectivity index (χ3n) is 5.43. The van der Waals surface area contributed by atoms with Gasteiger partial charge in [0.25, 0.3) is 5.91 Å². The molecule has 214 valence electrons. The number of ether oxygens (including phenoxy) is 2. The molecule has 1 fully saturated rings. The number of rotatable bonds is 8. The molecule has 1 saturated heterocycles. The van der Waals surface area contributed by atoms with Gasteiger partial charge in [-0.05, 0) is 55.3 Å². The molecule has 0 aliphatic carbocycles. The third kappa shape index (κ3) is 12.5. The molecule has 2 aromatic heterocycles. The Labute approximate surface area is 230 Å². The van der Waals surface area contributed by atoms with Gasteiger partial charge >= 0.3 is 0 Å². The number of halogens is 2. The van der Waals surface area contributed by atoms with E-state index < -0.39 is 0 Å². The molecule has 1 unspecified atom stereocenters. The lowest BCUT2D eigenvalue weighted by molar-refractivity contribution is 0.0963. The number of anilines is 1. The SMILES string of the molecule is CC.CF.CNC(=O)c1cccnc1NCc1ccnc(OC)c1.Fc1cccc(OCC2CCCNC2)c1. The fourth-order valence-corrected chi connectivity index (χ4v) is 3.56. The summed E-state index contributed by atoms with van der Waals surface area (Å²) < 4.78 is 33.0. The zero-order chi connectivity index (χ0) is 28.9. The number of nitrogens with zero attached hydrogens (tertiary/aromatic N) is 2. The maximum atomic E-state index is 12.8. The molecule has 0 radical (unpaired) electrons. The smallest absolute Gasteiger partial charge is 0.254 e. The highest BCUT2D eigenvalue weighted by atomic mass is 19.1. The van der Waals surface area contributed by atoms with Crippen LogP contribution in [0.1, 0.15) is 42.6 Å². The number of hydrogen-bond acceptors (Lipinski definition) is 7. The van der Waals surface area contributed by atoms with Crippen molar-refractivity contribution in [2.45, 2.75) is 33.2 Å². The minimum Gasteiger partial charge on any atom is -0.493 e. The Bertz CT molecular complexity index is 1080. The standard InChI is InChI=1S/C14H16N4O2.C12H16FNO.C2H6.CH3F/c1-15-14(19)11-4-3-6-17-13(11)18-9-10-5-7-16-12(8-10)20-2;13-11-4-1-5-12(7-11)15-9-10-3-2-6-14-8-10;2*1-2/h3-8H,9H2,1-2H3,(H,15,19)(H,17,18);1,4-5,7,10,14H,2-3,6,8-9H2;1-2H3;1H3. The fourth-order valence-electron chi connectivity index (χ4n) is 3.56. The second-order valence-corrected chi connectivity index (χ2v) is 8.02. The van der Waals surface area contributed by atoms with Gasteiger partial charge in [0, 0.05) is 50.6 Å². The number of piperidine rings is 1. The zero-order valence-corrected chi connectivity index (χ0v) is 23.5. The number of pyridine rings is 2. The minimum absolute atomic E-state index is 0.173. The van der Waals surface area contributed by atoms with E-state index in [-0.39, 0.29) is 11.7 Å². The summed E-state index contributed by atoms with van der Waals surface area (Å²) in [6.45, 7) is 7.32. The number of benzene rings is 1. The van der Waals surface area contributed by atoms with Crippen molar-refractivity contribution < 1.29 is 23.0 Å². The molecular weight excluding hydrogens is 504 g/mol. The first-order chi connectivity index (χ1) is 19.1. The van der Waals surface area contributed by atoms with Crippen molar-refractivity contribution >= 4 is 11.7 Å². The summed E-state index contributed by atoms with van der Waals surface area (Å²) in [4.78, 5) is 20.0. The van der Waals surface area contributed by atoms with E-state index in [1.165, 1.54) is 25.0 Å². The van der Waals surface area contributed by atoms with Crippen molar-refractivity contribution in [1.29, 1.82) is 0 Å². The van der Waals surface area contributed by atoms with Crippen LogP contribution in [-0.4, -0.2) is 56.9 Å². The molecule has 1 atom stereocenters. The van der Waals surface area contributed by atoms with Gasteiger partial charge in [-0.15, -0.1) is 0 Å². The maximum absolute atomic E-state index is 12.8. The van der Waals surface area contributed by atoms with Gasteiger partial charge in [-0.25, -0.2) is 14.4 Å². The van der Waals surface area contributed by atoms with E-state index in [1.54, 1.807) is 50.8 Å². The topological polar surface area (TPSA) is 97.4 Å². The first-order valence-electron chi connectivity index (χ1n) is 13.0. The predicted molar refractivity (Wildman–Crippen MR) is 152 cm³/mol. The molecule has 3 N–H and O–H groups in total. The van der Waals surface area contributed by atoms with Gasteiger partial charge in [0.05, 0.1) is 26.5 Å². The van der Waals surface area contributed by atoms with Crippen molar-refractivity contribution in [1.82, 2.24) is 20.6 Å². The summed E-state index contributed by atoms with van der Waals surface area (Å²) in [7, 11) is 3.66. The monoisotopic (exact) mass is 545 g/mol. The highest BCUT2D eigenvalue weighted by Gasteiger charge is 2.13. The quantitative estimate of drug-likeness (QED) is 0.355. The normalized spacial score (nSPS) is 13.6. The van der Waals surface area contributed by atoms with Crippen molar-refractivity contribution in [2.24, 2.45) is 5.92 Å². The van der Waals surface area contributed by atoms with Gasteiger partial charge in [0.2, 0.25) is 5.88 Å². The fraction of sp³-hybridized carbons (Fsp3) is 0.414. The summed E-state index contributed by atoms with van der Waals surface area (Å²) >= 11 is 0.